The summed E-state index contributed by atoms with van der Waals surface area (Å²) in [6.07, 6.45) is 0. The van der Waals surface area contributed by atoms with Crippen LogP contribution in [-0.4, -0.2) is 5.48 Å². The van der Waals surface area contributed by atoms with Gasteiger partial charge < -0.3 is 5.48 Å². The Morgan fingerprint density at radius 3 is 2.11 bits per heavy atom. The van der Waals surface area contributed by atoms with Gasteiger partial charge in [-0.05, 0) is 12.1 Å². The van der Waals surface area contributed by atoms with E-state index in [0.29, 0.717) is 0 Å². The molecule has 0 spiro atoms. The third-order valence-electron chi connectivity index (χ3n) is 0.824. The maximum absolute atomic E-state index is 12.2. The number of hydrogen-bond acceptors (Lipinski definition) is 0. The van der Waals surface area contributed by atoms with Gasteiger partial charge in [-0.15, -0.1) is 0 Å². The van der Waals surface area contributed by atoms with E-state index in [1.165, 1.54) is 12.1 Å². The Morgan fingerprint density at radius 1 is 1.22 bits per heavy atom. The molecule has 0 aliphatic carbocycles. The molecular weight excluding hydrogens is 143 g/mol. The second-order valence-electron chi connectivity index (χ2n) is 1.41. The van der Waals surface area contributed by atoms with Gasteiger partial charge in [-0.25, -0.2) is 4.39 Å². The van der Waals surface area contributed by atoms with Crippen molar-refractivity contribution in [2.24, 2.45) is 0 Å². The maximum atomic E-state index is 12.2. The summed E-state index contributed by atoms with van der Waals surface area (Å²) in [4.78, 5) is 0. The fourth-order valence-electron chi connectivity index (χ4n) is 0.439. The SMILES string of the molecule is Fc1ccccc1Cl.O. The molecule has 0 amide bonds. The van der Waals surface area contributed by atoms with Crippen molar-refractivity contribution in [2.75, 3.05) is 0 Å². The zero-order valence-corrected chi connectivity index (χ0v) is 5.32. The molecule has 0 heterocycles. The zero-order chi connectivity index (χ0) is 5.98. The molecule has 0 saturated heterocycles. The van der Waals surface area contributed by atoms with Crippen LogP contribution >= 0.6 is 11.6 Å². The molecule has 0 bridgehead atoms. The lowest BCUT2D eigenvalue weighted by Gasteiger charge is -1.86. The van der Waals surface area contributed by atoms with Crippen LogP contribution in [0.15, 0.2) is 24.3 Å². The van der Waals surface area contributed by atoms with Crippen molar-refractivity contribution in [2.45, 2.75) is 0 Å². The summed E-state index contributed by atoms with van der Waals surface area (Å²) in [5, 5.41) is 0.174. The summed E-state index contributed by atoms with van der Waals surface area (Å²) in [5.74, 6) is -0.367. The first-order valence-electron chi connectivity index (χ1n) is 2.21. The van der Waals surface area contributed by atoms with Gasteiger partial charge in [0, 0.05) is 0 Å². The van der Waals surface area contributed by atoms with Crippen molar-refractivity contribution in [3.8, 4) is 0 Å². The molecule has 1 aromatic rings. The second-order valence-corrected chi connectivity index (χ2v) is 1.82. The lowest BCUT2D eigenvalue weighted by molar-refractivity contribution is 0.628. The van der Waals surface area contributed by atoms with Crippen LogP contribution in [0.3, 0.4) is 0 Å². The van der Waals surface area contributed by atoms with E-state index in [1.54, 1.807) is 12.1 Å². The third kappa shape index (κ3) is 2.00. The monoisotopic (exact) mass is 148 g/mol. The minimum atomic E-state index is -0.367. The van der Waals surface area contributed by atoms with Gasteiger partial charge in [0.25, 0.3) is 0 Å². The van der Waals surface area contributed by atoms with Gasteiger partial charge in [-0.3, -0.25) is 0 Å². The van der Waals surface area contributed by atoms with E-state index < -0.39 is 0 Å². The molecule has 0 aromatic heterocycles. The van der Waals surface area contributed by atoms with Gasteiger partial charge in [0.1, 0.15) is 5.82 Å². The normalized spacial score (nSPS) is 8.22. The molecule has 50 valence electrons. The number of halogens is 2. The van der Waals surface area contributed by atoms with Crippen molar-refractivity contribution >= 4 is 11.6 Å². The maximum Gasteiger partial charge on any atom is 0.141 e. The summed E-state index contributed by atoms with van der Waals surface area (Å²) in [6, 6.07) is 6.12. The summed E-state index contributed by atoms with van der Waals surface area (Å²) in [6.45, 7) is 0. The lowest BCUT2D eigenvalue weighted by atomic mass is 10.4. The molecule has 0 aliphatic rings. The molecular formula is C6H6ClFO. The van der Waals surface area contributed by atoms with Gasteiger partial charge in [0.05, 0.1) is 5.02 Å². The molecule has 0 atom stereocenters. The standard InChI is InChI=1S/C6H4ClF.H2O/c7-5-3-1-2-4-6(5)8;/h1-4H;1H2. The Labute approximate surface area is 57.4 Å². The van der Waals surface area contributed by atoms with E-state index >= 15 is 0 Å². The van der Waals surface area contributed by atoms with Gasteiger partial charge in [0.2, 0.25) is 0 Å². The summed E-state index contributed by atoms with van der Waals surface area (Å²) < 4.78 is 12.2. The largest absolute Gasteiger partial charge is 0.412 e. The van der Waals surface area contributed by atoms with Crippen molar-refractivity contribution in [3.05, 3.63) is 35.1 Å². The Balaban J connectivity index is 0.000000640. The summed E-state index contributed by atoms with van der Waals surface area (Å²) in [5.41, 5.74) is 0. The highest BCUT2D eigenvalue weighted by molar-refractivity contribution is 6.30. The number of hydrogen-bond donors (Lipinski definition) is 0. The molecule has 0 radical (unpaired) electrons. The molecule has 9 heavy (non-hydrogen) atoms. The van der Waals surface area contributed by atoms with Crippen LogP contribution in [-0.2, 0) is 0 Å². The number of benzene rings is 1. The minimum absolute atomic E-state index is 0. The topological polar surface area (TPSA) is 31.5 Å². The van der Waals surface area contributed by atoms with Gasteiger partial charge in [0.15, 0.2) is 0 Å². The highest BCUT2D eigenvalue weighted by Crippen LogP contribution is 2.11. The second kappa shape index (κ2) is 3.43. The fourth-order valence-corrected chi connectivity index (χ4v) is 0.575. The van der Waals surface area contributed by atoms with Crippen molar-refractivity contribution in [1.29, 1.82) is 0 Å². The van der Waals surface area contributed by atoms with Gasteiger partial charge in [-0.1, -0.05) is 23.7 Å². The highest BCUT2D eigenvalue weighted by Gasteiger charge is 1.91. The van der Waals surface area contributed by atoms with Crippen LogP contribution in [0, 0.1) is 5.82 Å². The van der Waals surface area contributed by atoms with E-state index in [4.69, 9.17) is 11.6 Å². The van der Waals surface area contributed by atoms with Crippen LogP contribution in [0.1, 0.15) is 0 Å². The molecule has 0 aliphatic heterocycles. The molecule has 1 rings (SSSR count). The van der Waals surface area contributed by atoms with E-state index in [0.717, 1.165) is 0 Å². The van der Waals surface area contributed by atoms with Crippen molar-refractivity contribution < 1.29 is 9.87 Å². The molecule has 0 fully saturated rings. The van der Waals surface area contributed by atoms with Crippen LogP contribution < -0.4 is 0 Å². The number of rotatable bonds is 0. The van der Waals surface area contributed by atoms with E-state index in [2.05, 4.69) is 0 Å². The summed E-state index contributed by atoms with van der Waals surface area (Å²) in [7, 11) is 0. The van der Waals surface area contributed by atoms with E-state index in [-0.39, 0.29) is 16.3 Å². The van der Waals surface area contributed by atoms with Crippen LogP contribution in [0.2, 0.25) is 5.02 Å². The molecule has 0 saturated carbocycles. The van der Waals surface area contributed by atoms with E-state index in [1.807, 2.05) is 0 Å². The molecule has 0 unspecified atom stereocenters. The lowest BCUT2D eigenvalue weighted by Crippen LogP contribution is -1.70. The predicted octanol–water partition coefficient (Wildman–Crippen LogP) is 1.65. The Hall–Kier alpha value is -0.600. The Bertz CT molecular complexity index is 169. The molecule has 2 N–H and O–H groups in total. The summed E-state index contributed by atoms with van der Waals surface area (Å²) >= 11 is 5.33. The van der Waals surface area contributed by atoms with Crippen LogP contribution in [0.4, 0.5) is 4.39 Å². The predicted molar refractivity (Wildman–Crippen MR) is 35.0 cm³/mol. The quantitative estimate of drug-likeness (QED) is 0.536. The average molecular weight is 149 g/mol. The first kappa shape index (κ1) is 8.40. The first-order valence-corrected chi connectivity index (χ1v) is 2.58. The van der Waals surface area contributed by atoms with E-state index in [9.17, 15) is 4.39 Å². The molecule has 1 aromatic carbocycles. The first-order chi connectivity index (χ1) is 3.80. The third-order valence-corrected chi connectivity index (χ3v) is 1.13. The van der Waals surface area contributed by atoms with Crippen LogP contribution in [0.25, 0.3) is 0 Å². The zero-order valence-electron chi connectivity index (χ0n) is 4.57. The van der Waals surface area contributed by atoms with Gasteiger partial charge in [-0.2, -0.15) is 0 Å². The smallest absolute Gasteiger partial charge is 0.141 e. The fraction of sp³-hybridized carbons (Fsp3) is 0. The van der Waals surface area contributed by atoms with Crippen molar-refractivity contribution in [1.82, 2.24) is 0 Å². The van der Waals surface area contributed by atoms with Crippen LogP contribution in [0.5, 0.6) is 0 Å². The van der Waals surface area contributed by atoms with Gasteiger partial charge >= 0.3 is 0 Å². The van der Waals surface area contributed by atoms with Crippen molar-refractivity contribution in [3.63, 3.8) is 0 Å². The highest BCUT2D eigenvalue weighted by atomic mass is 35.5. The Morgan fingerprint density at radius 2 is 1.78 bits per heavy atom. The average Bonchev–Trinajstić information content (AvgIpc) is 1.77. The molecule has 3 heteroatoms. The minimum Gasteiger partial charge on any atom is -0.412 e. The molecule has 1 nitrogen and oxygen atoms in total. The Kier molecular flexibility index (Phi) is 3.20.